The largest absolute Gasteiger partial charge is 0.460 e. The lowest BCUT2D eigenvalue weighted by molar-refractivity contribution is -0.278. The molecule has 0 N–H and O–H groups in total. The highest BCUT2D eigenvalue weighted by molar-refractivity contribution is 6.37. The number of hydrogen-bond donors (Lipinski definition) is 0. The molecule has 0 aromatic rings. The summed E-state index contributed by atoms with van der Waals surface area (Å²) in [6.07, 6.45) is 17.1. The first-order valence-corrected chi connectivity index (χ1v) is 20.3. The Labute approximate surface area is 295 Å². The Balaban J connectivity index is 1.19. The fourth-order valence-corrected chi connectivity index (χ4v) is 12.4. The third-order valence-corrected chi connectivity index (χ3v) is 14.8. The molecule has 8 nitrogen and oxygen atoms in total. The maximum atomic E-state index is 12.8. The van der Waals surface area contributed by atoms with E-state index in [9.17, 15) is 14.4 Å². The molecule has 4 aliphatic carbocycles. The Morgan fingerprint density at radius 3 is 2.12 bits per heavy atom. The number of Topliss-reactive ketones (excluding diaryl/α,β-unsaturated/α-hetero) is 2. The summed E-state index contributed by atoms with van der Waals surface area (Å²) >= 11 is 0. The fraction of sp³-hybridized carbons (Fsp3) is 0.927. The lowest BCUT2D eigenvalue weighted by Gasteiger charge is -2.66. The van der Waals surface area contributed by atoms with E-state index in [1.54, 1.807) is 6.92 Å². The maximum Gasteiger partial charge on any atom is 0.375 e. The summed E-state index contributed by atoms with van der Waals surface area (Å²) < 4.78 is 31.1. The highest BCUT2D eigenvalue weighted by Gasteiger charge is 2.65. The molecule has 6 fully saturated rings. The molecular weight excluding hydrogens is 620 g/mol. The average molecular weight is 687 g/mol. The monoisotopic (exact) mass is 686 g/mol. The van der Waals surface area contributed by atoms with Crippen molar-refractivity contribution in [3.05, 3.63) is 0 Å². The van der Waals surface area contributed by atoms with E-state index in [0.717, 1.165) is 64.6 Å². The number of rotatable bonds is 13. The van der Waals surface area contributed by atoms with E-state index in [0.29, 0.717) is 47.8 Å². The lowest BCUT2D eigenvalue weighted by Crippen LogP contribution is -2.63. The van der Waals surface area contributed by atoms with Gasteiger partial charge in [0.05, 0.1) is 25.2 Å². The summed E-state index contributed by atoms with van der Waals surface area (Å²) in [5.74, 6) is 1.90. The number of hydrogen-bond acceptors (Lipinski definition) is 8. The lowest BCUT2D eigenvalue weighted by atomic mass is 9.41. The molecule has 278 valence electrons. The molecule has 2 heterocycles. The molecule has 13 atom stereocenters. The maximum absolute atomic E-state index is 12.8. The molecule has 0 spiro atoms. The van der Waals surface area contributed by atoms with E-state index < -0.39 is 11.8 Å². The van der Waals surface area contributed by atoms with Crippen LogP contribution < -0.4 is 0 Å². The molecule has 4 saturated carbocycles. The van der Waals surface area contributed by atoms with Crippen LogP contribution in [0.25, 0.3) is 0 Å². The van der Waals surface area contributed by atoms with Crippen molar-refractivity contribution < 1.29 is 38.1 Å². The topological polar surface area (TPSA) is 97.4 Å². The zero-order valence-electron chi connectivity index (χ0n) is 31.3. The molecule has 0 bridgehead atoms. The molecule has 0 amide bonds. The molecule has 2 aliphatic heterocycles. The SMILES string of the molecule is CCOC(=O)C(=O)CC(=O)CC[C@@H](C)[C@H]1CC[C@H]2[C@@H]3[C@H](OC4CCCCO4)[C@H](CC)[C@@H]4C[C@H](OC5CCCCO5)CC[C@]4(C)[C@H]3CC[C@]12C. The van der Waals surface area contributed by atoms with Crippen LogP contribution in [0, 0.1) is 52.3 Å². The second-order valence-electron chi connectivity index (χ2n) is 17.3. The predicted octanol–water partition coefficient (Wildman–Crippen LogP) is 8.22. The van der Waals surface area contributed by atoms with Gasteiger partial charge in [0.25, 0.3) is 0 Å². The molecule has 2 saturated heterocycles. The fourth-order valence-electron chi connectivity index (χ4n) is 12.4. The third-order valence-electron chi connectivity index (χ3n) is 14.8. The molecule has 0 aromatic heterocycles. The van der Waals surface area contributed by atoms with Gasteiger partial charge in [0, 0.05) is 19.6 Å². The van der Waals surface area contributed by atoms with Gasteiger partial charge in [-0.05, 0) is 149 Å². The van der Waals surface area contributed by atoms with Gasteiger partial charge in [-0.3, -0.25) is 9.59 Å². The summed E-state index contributed by atoms with van der Waals surface area (Å²) in [5.41, 5.74) is 0.467. The predicted molar refractivity (Wildman–Crippen MR) is 186 cm³/mol. The third kappa shape index (κ3) is 7.74. The van der Waals surface area contributed by atoms with Crippen LogP contribution in [0.3, 0.4) is 0 Å². The second-order valence-corrected chi connectivity index (χ2v) is 17.3. The van der Waals surface area contributed by atoms with Crippen molar-refractivity contribution in [1.29, 1.82) is 0 Å². The van der Waals surface area contributed by atoms with Crippen molar-refractivity contribution in [2.75, 3.05) is 19.8 Å². The molecule has 0 radical (unpaired) electrons. The molecule has 2 unspecified atom stereocenters. The van der Waals surface area contributed by atoms with E-state index >= 15 is 0 Å². The Hall–Kier alpha value is -1.35. The van der Waals surface area contributed by atoms with Gasteiger partial charge in [0.15, 0.2) is 12.6 Å². The van der Waals surface area contributed by atoms with Crippen LogP contribution in [0.2, 0.25) is 0 Å². The summed E-state index contributed by atoms with van der Waals surface area (Å²) in [4.78, 5) is 36.7. The first-order chi connectivity index (χ1) is 23.6. The Morgan fingerprint density at radius 1 is 0.796 bits per heavy atom. The molecule has 0 aromatic carbocycles. The number of esters is 1. The van der Waals surface area contributed by atoms with Crippen LogP contribution in [0.15, 0.2) is 0 Å². The summed E-state index contributed by atoms with van der Waals surface area (Å²) in [7, 11) is 0. The Kier molecular flexibility index (Phi) is 12.3. The second kappa shape index (κ2) is 16.1. The zero-order chi connectivity index (χ0) is 34.8. The van der Waals surface area contributed by atoms with E-state index in [1.165, 1.54) is 44.9 Å². The van der Waals surface area contributed by atoms with Gasteiger partial charge in [-0.2, -0.15) is 0 Å². The minimum atomic E-state index is -0.893. The van der Waals surface area contributed by atoms with Gasteiger partial charge in [-0.1, -0.05) is 34.1 Å². The minimum absolute atomic E-state index is 0.0386. The van der Waals surface area contributed by atoms with Gasteiger partial charge in [0.1, 0.15) is 5.78 Å². The molecule has 8 heteroatoms. The molecule has 49 heavy (non-hydrogen) atoms. The molecule has 6 aliphatic rings. The van der Waals surface area contributed by atoms with Crippen LogP contribution in [0.4, 0.5) is 0 Å². The van der Waals surface area contributed by atoms with E-state index in [4.69, 9.17) is 23.7 Å². The Bertz CT molecular complexity index is 1140. The van der Waals surface area contributed by atoms with Crippen molar-refractivity contribution in [3.8, 4) is 0 Å². The van der Waals surface area contributed by atoms with Crippen LogP contribution in [-0.2, 0) is 38.1 Å². The van der Waals surface area contributed by atoms with Crippen LogP contribution in [0.5, 0.6) is 0 Å². The summed E-state index contributed by atoms with van der Waals surface area (Å²) in [5, 5.41) is 0. The van der Waals surface area contributed by atoms with E-state index in [2.05, 4.69) is 27.7 Å². The Morgan fingerprint density at radius 2 is 1.47 bits per heavy atom. The van der Waals surface area contributed by atoms with Gasteiger partial charge in [-0.25, -0.2) is 4.79 Å². The molecular formula is C41H66O8. The summed E-state index contributed by atoms with van der Waals surface area (Å²) in [6.45, 7) is 13.3. The van der Waals surface area contributed by atoms with Crippen molar-refractivity contribution >= 4 is 17.5 Å². The standard InChI is InChI=1S/C41H66O8/c1-6-29-33-25-28(48-35-12-8-10-22-46-35)18-20-41(33,5)32-19-21-40(4)30(26(3)14-15-27(42)24-34(43)39(44)45-7-2)16-17-31(40)37(32)38(29)49-36-13-9-11-23-47-36/h26,28-33,35-38H,6-25H2,1-5H3/t26-,28-,29-,30-,31+,32+,33+,35?,36?,37+,38-,40-,41-/m1/s1. The number of carbonyl (C=O) groups is 3. The molecule has 6 rings (SSSR count). The number of fused-ring (bicyclic) bond motifs is 5. The van der Waals surface area contributed by atoms with Crippen molar-refractivity contribution in [3.63, 3.8) is 0 Å². The number of ketones is 2. The first-order valence-electron chi connectivity index (χ1n) is 20.3. The van der Waals surface area contributed by atoms with Gasteiger partial charge in [-0.15, -0.1) is 0 Å². The van der Waals surface area contributed by atoms with Crippen LogP contribution >= 0.6 is 0 Å². The number of ether oxygens (including phenoxy) is 5. The zero-order valence-corrected chi connectivity index (χ0v) is 31.3. The van der Waals surface area contributed by atoms with Crippen LogP contribution in [0.1, 0.15) is 144 Å². The van der Waals surface area contributed by atoms with Gasteiger partial charge < -0.3 is 23.7 Å². The van der Waals surface area contributed by atoms with Gasteiger partial charge >= 0.3 is 5.97 Å². The van der Waals surface area contributed by atoms with Crippen molar-refractivity contribution in [1.82, 2.24) is 0 Å². The highest BCUT2D eigenvalue weighted by Crippen LogP contribution is 2.70. The average Bonchev–Trinajstić information content (AvgIpc) is 3.46. The normalized spacial score (nSPS) is 42.7. The van der Waals surface area contributed by atoms with E-state index in [1.807, 2.05) is 0 Å². The highest BCUT2D eigenvalue weighted by atomic mass is 16.7. The minimum Gasteiger partial charge on any atom is -0.460 e. The quantitative estimate of drug-likeness (QED) is 0.0828. The summed E-state index contributed by atoms with van der Waals surface area (Å²) in [6, 6.07) is 0. The number of carbonyl (C=O) groups excluding carboxylic acids is 3. The smallest absolute Gasteiger partial charge is 0.375 e. The first kappa shape index (κ1) is 37.4. The van der Waals surface area contributed by atoms with Crippen molar-refractivity contribution in [2.24, 2.45) is 52.3 Å². The van der Waals surface area contributed by atoms with Gasteiger partial charge in [0.2, 0.25) is 5.78 Å². The van der Waals surface area contributed by atoms with E-state index in [-0.39, 0.29) is 54.4 Å². The van der Waals surface area contributed by atoms with Crippen LogP contribution in [-0.4, -0.2) is 62.1 Å². The van der Waals surface area contributed by atoms with Crippen molar-refractivity contribution in [2.45, 2.75) is 169 Å².